The van der Waals surface area contributed by atoms with Crippen molar-refractivity contribution in [2.45, 2.75) is 26.4 Å². The lowest BCUT2D eigenvalue weighted by atomic mass is 10.2. The Morgan fingerprint density at radius 3 is 2.84 bits per heavy atom. The number of rotatable bonds is 7. The molecule has 0 aliphatic rings. The molecule has 1 aromatic carbocycles. The third-order valence-electron chi connectivity index (χ3n) is 3.79. The number of amides is 1. The van der Waals surface area contributed by atoms with E-state index in [2.05, 4.69) is 10.3 Å². The predicted molar refractivity (Wildman–Crippen MR) is 96.1 cm³/mol. The number of fused-ring (bicyclic) bond motifs is 2. The summed E-state index contributed by atoms with van der Waals surface area (Å²) in [4.78, 5) is 16.7. The van der Waals surface area contributed by atoms with Gasteiger partial charge in [-0.2, -0.15) is 0 Å². The molecule has 0 saturated carbocycles. The molecule has 0 aliphatic carbocycles. The van der Waals surface area contributed by atoms with Crippen LogP contribution < -0.4 is 10.1 Å². The van der Waals surface area contributed by atoms with E-state index in [4.69, 9.17) is 13.9 Å². The van der Waals surface area contributed by atoms with Crippen molar-refractivity contribution in [1.82, 2.24) is 10.3 Å². The van der Waals surface area contributed by atoms with Crippen molar-refractivity contribution >= 4 is 27.9 Å². The molecule has 1 amide bonds. The summed E-state index contributed by atoms with van der Waals surface area (Å²) < 4.78 is 16.3. The average molecular weight is 342 g/mol. The number of nitrogens with zero attached hydrogens (tertiary/aromatic N) is 1. The van der Waals surface area contributed by atoms with E-state index in [-0.39, 0.29) is 17.8 Å². The average Bonchev–Trinajstić information content (AvgIpc) is 3.01. The molecule has 6 heteroatoms. The van der Waals surface area contributed by atoms with Crippen molar-refractivity contribution in [3.8, 4) is 5.75 Å². The van der Waals surface area contributed by atoms with Crippen LogP contribution in [0.4, 0.5) is 0 Å². The first-order chi connectivity index (χ1) is 12.1. The summed E-state index contributed by atoms with van der Waals surface area (Å²) >= 11 is 0. The molecular weight excluding hydrogens is 320 g/mol. The van der Waals surface area contributed by atoms with E-state index in [0.717, 1.165) is 28.5 Å². The molecule has 0 fully saturated rings. The summed E-state index contributed by atoms with van der Waals surface area (Å²) in [5, 5.41) is 4.59. The number of carbonyl (C=O) groups is 1. The number of hydrogen-bond acceptors (Lipinski definition) is 5. The van der Waals surface area contributed by atoms with Gasteiger partial charge in [0, 0.05) is 30.0 Å². The van der Waals surface area contributed by atoms with Crippen molar-refractivity contribution in [2.24, 2.45) is 0 Å². The first-order valence-corrected chi connectivity index (χ1v) is 8.35. The monoisotopic (exact) mass is 342 g/mol. The van der Waals surface area contributed by atoms with Gasteiger partial charge in [-0.15, -0.1) is 0 Å². The van der Waals surface area contributed by atoms with Gasteiger partial charge in [0.05, 0.1) is 18.7 Å². The smallest absolute Gasteiger partial charge is 0.287 e. The highest BCUT2D eigenvalue weighted by Crippen LogP contribution is 2.25. The molecule has 6 nitrogen and oxygen atoms in total. The molecule has 0 unspecified atom stereocenters. The van der Waals surface area contributed by atoms with Crippen molar-refractivity contribution in [2.75, 3.05) is 20.3 Å². The van der Waals surface area contributed by atoms with Gasteiger partial charge < -0.3 is 19.2 Å². The summed E-state index contributed by atoms with van der Waals surface area (Å²) in [6, 6.07) is 9.32. The zero-order chi connectivity index (χ0) is 17.8. The highest BCUT2D eigenvalue weighted by Gasteiger charge is 2.13. The Kier molecular flexibility index (Phi) is 5.19. The van der Waals surface area contributed by atoms with E-state index in [1.165, 1.54) is 0 Å². The summed E-state index contributed by atoms with van der Waals surface area (Å²) in [7, 11) is 1.61. The van der Waals surface area contributed by atoms with Crippen LogP contribution in [-0.4, -0.2) is 37.3 Å². The fourth-order valence-corrected chi connectivity index (χ4v) is 2.52. The Hall–Kier alpha value is -2.60. The van der Waals surface area contributed by atoms with Crippen molar-refractivity contribution in [1.29, 1.82) is 0 Å². The Labute approximate surface area is 146 Å². The SMILES string of the molecule is COc1ccc2cc3cc(C(=O)NCCCOC(C)C)oc3nc2c1. The molecule has 0 bridgehead atoms. The minimum Gasteiger partial charge on any atom is -0.497 e. The number of pyridine rings is 1. The lowest BCUT2D eigenvalue weighted by Crippen LogP contribution is -2.25. The van der Waals surface area contributed by atoms with Gasteiger partial charge in [0.15, 0.2) is 5.76 Å². The van der Waals surface area contributed by atoms with Gasteiger partial charge in [-0.25, -0.2) is 4.98 Å². The third-order valence-corrected chi connectivity index (χ3v) is 3.79. The van der Waals surface area contributed by atoms with Gasteiger partial charge >= 0.3 is 0 Å². The number of hydrogen-bond donors (Lipinski definition) is 1. The number of ether oxygens (including phenoxy) is 2. The lowest BCUT2D eigenvalue weighted by molar-refractivity contribution is 0.0753. The third kappa shape index (κ3) is 4.09. The summed E-state index contributed by atoms with van der Waals surface area (Å²) in [6.45, 7) is 5.13. The maximum atomic E-state index is 12.2. The van der Waals surface area contributed by atoms with Gasteiger partial charge in [-0.05, 0) is 44.5 Å². The topological polar surface area (TPSA) is 73.6 Å². The van der Waals surface area contributed by atoms with Crippen LogP contribution >= 0.6 is 0 Å². The Bertz CT molecular complexity index is 886. The second kappa shape index (κ2) is 7.53. The maximum absolute atomic E-state index is 12.2. The van der Waals surface area contributed by atoms with E-state index < -0.39 is 0 Å². The van der Waals surface area contributed by atoms with Crippen LogP contribution in [0.2, 0.25) is 0 Å². The fraction of sp³-hybridized carbons (Fsp3) is 0.368. The normalized spacial score (nSPS) is 11.4. The lowest BCUT2D eigenvalue weighted by Gasteiger charge is -2.07. The van der Waals surface area contributed by atoms with Gasteiger partial charge in [0.2, 0.25) is 5.71 Å². The second-order valence-electron chi connectivity index (χ2n) is 6.08. The zero-order valence-electron chi connectivity index (χ0n) is 14.7. The van der Waals surface area contributed by atoms with Crippen LogP contribution in [0.15, 0.2) is 34.7 Å². The molecule has 3 aromatic rings. The number of nitrogens with one attached hydrogen (secondary N) is 1. The van der Waals surface area contributed by atoms with Crippen molar-refractivity contribution in [3.63, 3.8) is 0 Å². The predicted octanol–water partition coefficient (Wildman–Crippen LogP) is 3.53. The minimum atomic E-state index is -0.246. The number of benzene rings is 1. The quantitative estimate of drug-likeness (QED) is 0.665. The highest BCUT2D eigenvalue weighted by molar-refractivity contribution is 5.98. The zero-order valence-corrected chi connectivity index (χ0v) is 14.7. The summed E-state index contributed by atoms with van der Waals surface area (Å²) in [5.74, 6) is 0.742. The largest absolute Gasteiger partial charge is 0.497 e. The van der Waals surface area contributed by atoms with Gasteiger partial charge in [-0.1, -0.05) is 0 Å². The molecular formula is C19H22N2O4. The van der Waals surface area contributed by atoms with Crippen LogP contribution in [0.1, 0.15) is 30.8 Å². The van der Waals surface area contributed by atoms with E-state index in [9.17, 15) is 4.79 Å². The number of aromatic nitrogens is 1. The van der Waals surface area contributed by atoms with Crippen LogP contribution in [-0.2, 0) is 4.74 Å². The van der Waals surface area contributed by atoms with Crippen LogP contribution in [0.3, 0.4) is 0 Å². The molecule has 0 saturated heterocycles. The number of carbonyl (C=O) groups excluding carboxylic acids is 1. The highest BCUT2D eigenvalue weighted by atomic mass is 16.5. The molecule has 132 valence electrons. The van der Waals surface area contributed by atoms with Gasteiger partial charge in [0.1, 0.15) is 5.75 Å². The summed E-state index contributed by atoms with van der Waals surface area (Å²) in [6.07, 6.45) is 0.955. The van der Waals surface area contributed by atoms with E-state index in [0.29, 0.717) is 18.9 Å². The first-order valence-electron chi connectivity index (χ1n) is 8.35. The molecule has 3 rings (SSSR count). The molecule has 2 heterocycles. The van der Waals surface area contributed by atoms with Gasteiger partial charge in [-0.3, -0.25) is 4.79 Å². The number of methoxy groups -OCH3 is 1. The Morgan fingerprint density at radius 1 is 1.24 bits per heavy atom. The molecule has 0 spiro atoms. The standard InChI is InChI=1S/C19H22N2O4/c1-12(2)24-8-4-7-20-18(22)17-10-14-9-13-5-6-15(23-3)11-16(13)21-19(14)25-17/h5-6,9-12H,4,7-8H2,1-3H3,(H,20,22). The van der Waals surface area contributed by atoms with E-state index in [1.54, 1.807) is 13.2 Å². The molecule has 0 atom stereocenters. The van der Waals surface area contributed by atoms with Gasteiger partial charge in [0.25, 0.3) is 5.91 Å². The van der Waals surface area contributed by atoms with E-state index in [1.807, 2.05) is 38.1 Å². The second-order valence-corrected chi connectivity index (χ2v) is 6.08. The molecule has 0 aliphatic heterocycles. The fourth-order valence-electron chi connectivity index (χ4n) is 2.52. The summed E-state index contributed by atoms with van der Waals surface area (Å²) in [5.41, 5.74) is 1.20. The van der Waals surface area contributed by atoms with Crippen LogP contribution in [0.5, 0.6) is 5.75 Å². The van der Waals surface area contributed by atoms with E-state index >= 15 is 0 Å². The molecule has 0 radical (unpaired) electrons. The Balaban J connectivity index is 1.71. The van der Waals surface area contributed by atoms with Crippen molar-refractivity contribution < 1.29 is 18.7 Å². The van der Waals surface area contributed by atoms with Crippen molar-refractivity contribution in [3.05, 3.63) is 36.1 Å². The minimum absolute atomic E-state index is 0.199. The maximum Gasteiger partial charge on any atom is 0.287 e. The Morgan fingerprint density at radius 2 is 2.08 bits per heavy atom. The van der Waals surface area contributed by atoms with Crippen LogP contribution in [0, 0.1) is 0 Å². The molecule has 1 N–H and O–H groups in total. The molecule has 2 aromatic heterocycles. The number of furan rings is 1. The first kappa shape index (κ1) is 17.2. The molecule has 25 heavy (non-hydrogen) atoms. The van der Waals surface area contributed by atoms with Crippen LogP contribution in [0.25, 0.3) is 22.0 Å².